The Labute approximate surface area is 143 Å². The molecule has 1 amide bonds. The standard InChI is InChI=1S/C15H17N3O7/c1-2-11-23-14(19)16-7-9-17(10-8-16)25-15(20)24-13-5-3-12(4-6-13)18(21)22/h2-6H,1,7-11H2. The van der Waals surface area contributed by atoms with Crippen molar-refractivity contribution in [3.8, 4) is 5.75 Å². The molecule has 0 radical (unpaired) electrons. The molecule has 0 unspecified atom stereocenters. The van der Waals surface area contributed by atoms with E-state index in [1.165, 1.54) is 40.3 Å². The molecule has 0 atom stereocenters. The molecule has 0 N–H and O–H groups in total. The van der Waals surface area contributed by atoms with Crippen LogP contribution in [-0.2, 0) is 9.57 Å². The lowest BCUT2D eigenvalue weighted by Crippen LogP contribution is -2.49. The zero-order valence-electron chi connectivity index (χ0n) is 13.3. The van der Waals surface area contributed by atoms with Crippen molar-refractivity contribution in [2.24, 2.45) is 0 Å². The third kappa shape index (κ3) is 5.46. The highest BCUT2D eigenvalue weighted by atomic mass is 16.8. The van der Waals surface area contributed by atoms with Crippen LogP contribution >= 0.6 is 0 Å². The zero-order chi connectivity index (χ0) is 18.2. The monoisotopic (exact) mass is 351 g/mol. The number of non-ortho nitro benzene ring substituents is 1. The Morgan fingerprint density at radius 2 is 1.84 bits per heavy atom. The Balaban J connectivity index is 1.75. The second kappa shape index (κ2) is 8.64. The molecule has 25 heavy (non-hydrogen) atoms. The SMILES string of the molecule is C=CCOC(=O)N1CCN(OC(=O)Oc2ccc([N+](=O)[O-])cc2)CC1. The quantitative estimate of drug-likeness (QED) is 0.260. The first-order chi connectivity index (χ1) is 12.0. The summed E-state index contributed by atoms with van der Waals surface area (Å²) in [6.07, 6.45) is 0.0652. The van der Waals surface area contributed by atoms with Crippen LogP contribution in [-0.4, -0.2) is 59.9 Å². The second-order valence-corrected chi connectivity index (χ2v) is 4.98. The average Bonchev–Trinajstić information content (AvgIpc) is 2.60. The first-order valence-corrected chi connectivity index (χ1v) is 7.41. The number of amides is 1. The minimum Gasteiger partial charge on any atom is -0.445 e. The van der Waals surface area contributed by atoms with Crippen LogP contribution in [0.3, 0.4) is 0 Å². The van der Waals surface area contributed by atoms with Gasteiger partial charge in [0, 0.05) is 25.2 Å². The number of ether oxygens (including phenoxy) is 2. The van der Waals surface area contributed by atoms with E-state index in [1.54, 1.807) is 0 Å². The number of rotatable bonds is 5. The highest BCUT2D eigenvalue weighted by molar-refractivity contribution is 5.68. The maximum absolute atomic E-state index is 11.7. The number of nitrogens with zero attached hydrogens (tertiary/aromatic N) is 3. The lowest BCUT2D eigenvalue weighted by molar-refractivity contribution is -0.384. The number of nitro benzene ring substituents is 1. The van der Waals surface area contributed by atoms with E-state index in [4.69, 9.17) is 14.3 Å². The van der Waals surface area contributed by atoms with Gasteiger partial charge < -0.3 is 19.2 Å². The molecular formula is C15H17N3O7. The third-order valence-electron chi connectivity index (χ3n) is 3.27. The highest BCUT2D eigenvalue weighted by Gasteiger charge is 2.25. The van der Waals surface area contributed by atoms with Crippen molar-refractivity contribution >= 4 is 17.9 Å². The number of nitro groups is 1. The van der Waals surface area contributed by atoms with E-state index in [-0.39, 0.29) is 18.0 Å². The summed E-state index contributed by atoms with van der Waals surface area (Å²) >= 11 is 0. The van der Waals surface area contributed by atoms with Crippen molar-refractivity contribution < 1.29 is 28.8 Å². The van der Waals surface area contributed by atoms with E-state index >= 15 is 0 Å². The molecule has 1 aliphatic rings. The molecule has 0 aliphatic carbocycles. The normalized spacial score (nSPS) is 14.5. The van der Waals surface area contributed by atoms with E-state index in [9.17, 15) is 19.7 Å². The summed E-state index contributed by atoms with van der Waals surface area (Å²) in [5, 5.41) is 11.9. The van der Waals surface area contributed by atoms with E-state index in [2.05, 4.69) is 6.58 Å². The molecular weight excluding hydrogens is 334 g/mol. The summed E-state index contributed by atoms with van der Waals surface area (Å²) in [4.78, 5) is 39.9. The van der Waals surface area contributed by atoms with Crippen LogP contribution in [0.2, 0.25) is 0 Å². The van der Waals surface area contributed by atoms with Gasteiger partial charge in [0.05, 0.1) is 18.0 Å². The smallest absolute Gasteiger partial charge is 0.445 e. The average molecular weight is 351 g/mol. The molecule has 10 nitrogen and oxygen atoms in total. The molecule has 2 rings (SSSR count). The van der Waals surface area contributed by atoms with Crippen molar-refractivity contribution in [3.05, 3.63) is 47.0 Å². The van der Waals surface area contributed by atoms with Crippen LogP contribution in [0.25, 0.3) is 0 Å². The van der Waals surface area contributed by atoms with Crippen LogP contribution in [0.1, 0.15) is 0 Å². The molecule has 134 valence electrons. The summed E-state index contributed by atoms with van der Waals surface area (Å²) in [6, 6.07) is 5.03. The van der Waals surface area contributed by atoms with E-state index in [1.807, 2.05) is 0 Å². The summed E-state index contributed by atoms with van der Waals surface area (Å²) in [7, 11) is 0. The van der Waals surface area contributed by atoms with Crippen molar-refractivity contribution in [1.82, 2.24) is 9.96 Å². The lowest BCUT2D eigenvalue weighted by Gasteiger charge is -2.32. The number of carbonyl (C=O) groups excluding carboxylic acids is 2. The van der Waals surface area contributed by atoms with Gasteiger partial charge in [0.1, 0.15) is 12.4 Å². The minimum absolute atomic E-state index is 0.111. The van der Waals surface area contributed by atoms with Crippen LogP contribution in [0.5, 0.6) is 5.75 Å². The molecule has 0 bridgehead atoms. The molecule has 0 aromatic heterocycles. The van der Waals surface area contributed by atoms with Crippen molar-refractivity contribution in [1.29, 1.82) is 0 Å². The Bertz CT molecular complexity index is 639. The third-order valence-corrected chi connectivity index (χ3v) is 3.27. The summed E-state index contributed by atoms with van der Waals surface area (Å²) in [5.41, 5.74) is -0.111. The van der Waals surface area contributed by atoms with Crippen molar-refractivity contribution in [3.63, 3.8) is 0 Å². The Kier molecular flexibility index (Phi) is 6.29. The molecule has 1 aliphatic heterocycles. The zero-order valence-corrected chi connectivity index (χ0v) is 13.3. The number of piperazine rings is 1. The maximum Gasteiger partial charge on any atom is 0.533 e. The van der Waals surface area contributed by atoms with Gasteiger partial charge in [-0.3, -0.25) is 10.1 Å². The number of carbonyl (C=O) groups is 2. The maximum atomic E-state index is 11.7. The molecule has 1 aromatic carbocycles. The van der Waals surface area contributed by atoms with E-state index in [0.717, 1.165) is 0 Å². The number of hydrogen-bond acceptors (Lipinski definition) is 8. The fourth-order valence-electron chi connectivity index (χ4n) is 2.04. The number of benzene rings is 1. The van der Waals surface area contributed by atoms with E-state index < -0.39 is 17.2 Å². The molecule has 1 fully saturated rings. The summed E-state index contributed by atoms with van der Waals surface area (Å²) in [5.74, 6) is 0.127. The van der Waals surface area contributed by atoms with Crippen LogP contribution in [0.4, 0.5) is 15.3 Å². The first kappa shape index (κ1) is 18.2. The first-order valence-electron chi connectivity index (χ1n) is 7.41. The predicted octanol–water partition coefficient (Wildman–Crippen LogP) is 1.97. The topological polar surface area (TPSA) is 111 Å². The van der Waals surface area contributed by atoms with Crippen molar-refractivity contribution in [2.45, 2.75) is 0 Å². The van der Waals surface area contributed by atoms with Gasteiger partial charge in [-0.2, -0.15) is 0 Å². The van der Waals surface area contributed by atoms with Gasteiger partial charge in [-0.15, -0.1) is 5.06 Å². The predicted molar refractivity (Wildman–Crippen MR) is 84.9 cm³/mol. The molecule has 0 saturated carbocycles. The Morgan fingerprint density at radius 3 is 2.40 bits per heavy atom. The molecule has 1 saturated heterocycles. The molecule has 10 heteroatoms. The molecule has 1 heterocycles. The van der Waals surface area contributed by atoms with Crippen molar-refractivity contribution in [2.75, 3.05) is 32.8 Å². The van der Waals surface area contributed by atoms with Gasteiger partial charge in [0.25, 0.3) is 5.69 Å². The number of hydroxylamine groups is 2. The molecule has 1 aromatic rings. The fraction of sp³-hybridized carbons (Fsp3) is 0.333. The van der Waals surface area contributed by atoms with Gasteiger partial charge in [-0.25, -0.2) is 9.59 Å². The molecule has 0 spiro atoms. The minimum atomic E-state index is -0.962. The van der Waals surface area contributed by atoms with Gasteiger partial charge in [-0.05, 0) is 12.1 Å². The van der Waals surface area contributed by atoms with Gasteiger partial charge in [0.2, 0.25) is 0 Å². The summed E-state index contributed by atoms with van der Waals surface area (Å²) < 4.78 is 9.86. The van der Waals surface area contributed by atoms with E-state index in [0.29, 0.717) is 26.2 Å². The van der Waals surface area contributed by atoms with Gasteiger partial charge in [0.15, 0.2) is 0 Å². The number of hydrogen-bond donors (Lipinski definition) is 0. The van der Waals surface area contributed by atoms with Crippen LogP contribution in [0, 0.1) is 10.1 Å². The fourth-order valence-corrected chi connectivity index (χ4v) is 2.04. The Hall–Kier alpha value is -3.14. The van der Waals surface area contributed by atoms with Gasteiger partial charge >= 0.3 is 12.2 Å². The van der Waals surface area contributed by atoms with Gasteiger partial charge in [-0.1, -0.05) is 12.7 Å². The van der Waals surface area contributed by atoms with Crippen LogP contribution < -0.4 is 4.74 Å². The lowest BCUT2D eigenvalue weighted by atomic mass is 10.3. The largest absolute Gasteiger partial charge is 0.533 e. The second-order valence-electron chi connectivity index (χ2n) is 4.98. The van der Waals surface area contributed by atoms with Crippen LogP contribution in [0.15, 0.2) is 36.9 Å². The Morgan fingerprint density at radius 1 is 1.20 bits per heavy atom. The summed E-state index contributed by atoms with van der Waals surface area (Å²) in [6.45, 7) is 4.87. The highest BCUT2D eigenvalue weighted by Crippen LogP contribution is 2.18.